The van der Waals surface area contributed by atoms with E-state index in [2.05, 4.69) is 53.0 Å². The molecule has 2 aromatic carbocycles. The summed E-state index contributed by atoms with van der Waals surface area (Å²) in [7, 11) is 0. The molecule has 0 bridgehead atoms. The third kappa shape index (κ3) is 3.19. The third-order valence-electron chi connectivity index (χ3n) is 7.07. The maximum Gasteiger partial charge on any atom is 0.254 e. The van der Waals surface area contributed by atoms with Gasteiger partial charge in [-0.3, -0.25) is 9.59 Å². The van der Waals surface area contributed by atoms with E-state index in [0.717, 1.165) is 38.6 Å². The van der Waals surface area contributed by atoms with Crippen LogP contribution in [0.15, 0.2) is 53.0 Å². The van der Waals surface area contributed by atoms with Gasteiger partial charge in [0, 0.05) is 34.4 Å². The average molecular weight is 494 g/mol. The maximum atomic E-state index is 13.9. The lowest BCUT2D eigenvalue weighted by molar-refractivity contribution is -0.166. The minimum atomic E-state index is -1.02. The second-order valence-corrected chi connectivity index (χ2v) is 10.5. The minimum absolute atomic E-state index is 0.00119. The second kappa shape index (κ2) is 7.77. The fourth-order valence-electron chi connectivity index (χ4n) is 5.26. The molecule has 3 aromatic rings. The van der Waals surface area contributed by atoms with Gasteiger partial charge in [0.1, 0.15) is 0 Å². The summed E-state index contributed by atoms with van der Waals surface area (Å²) < 4.78 is 1.02. The Morgan fingerprint density at radius 2 is 1.84 bits per heavy atom. The number of rotatable bonds is 4. The molecule has 166 valence electrons. The Bertz CT molecular complexity index is 1200. The van der Waals surface area contributed by atoms with Gasteiger partial charge < -0.3 is 14.8 Å². The zero-order chi connectivity index (χ0) is 22.6. The quantitative estimate of drug-likeness (QED) is 0.555. The highest BCUT2D eigenvalue weighted by Gasteiger charge is 2.56. The van der Waals surface area contributed by atoms with Crippen LogP contribution in [0.2, 0.25) is 0 Å². The van der Waals surface area contributed by atoms with Gasteiger partial charge in [-0.05, 0) is 48.6 Å². The van der Waals surface area contributed by atoms with Crippen molar-refractivity contribution in [2.24, 2.45) is 5.92 Å². The van der Waals surface area contributed by atoms with Crippen LogP contribution in [0, 0.1) is 5.92 Å². The van der Waals surface area contributed by atoms with Gasteiger partial charge in [-0.2, -0.15) is 0 Å². The minimum Gasteiger partial charge on any atom is -0.356 e. The van der Waals surface area contributed by atoms with Crippen LogP contribution < -0.4 is 0 Å². The summed E-state index contributed by atoms with van der Waals surface area (Å²) in [5.74, 6) is 0.504. The number of amides is 2. The van der Waals surface area contributed by atoms with Crippen molar-refractivity contribution in [3.8, 4) is 0 Å². The molecule has 5 nitrogen and oxygen atoms in total. The molecule has 1 N–H and O–H groups in total. The Morgan fingerprint density at radius 1 is 1.12 bits per heavy atom. The summed E-state index contributed by atoms with van der Waals surface area (Å²) in [4.78, 5) is 34.4. The van der Waals surface area contributed by atoms with E-state index in [1.165, 1.54) is 0 Å². The number of nitrogens with one attached hydrogen (secondary N) is 1. The fraction of sp³-hybridized carbons (Fsp3) is 0.385. The lowest BCUT2D eigenvalue weighted by Gasteiger charge is -2.51. The molecule has 1 fully saturated rings. The number of aromatic amines is 1. The Balaban J connectivity index is 1.69. The molecular weight excluding hydrogens is 466 g/mol. The molecule has 0 aliphatic carbocycles. The van der Waals surface area contributed by atoms with Crippen molar-refractivity contribution in [2.45, 2.75) is 38.6 Å². The van der Waals surface area contributed by atoms with E-state index < -0.39 is 5.54 Å². The average Bonchev–Trinajstić information content (AvgIpc) is 3.17. The SMILES string of the molecule is CC(C)CCN1CC(=O)N2C[C@@H](c3ccc(Br)cc3)c3c([nH]c4ccccc34)[C@@]2(C)C1=O. The second-order valence-electron chi connectivity index (χ2n) is 9.55. The molecule has 3 heterocycles. The monoisotopic (exact) mass is 493 g/mol. The molecule has 2 amide bonds. The van der Waals surface area contributed by atoms with Crippen LogP contribution in [0.3, 0.4) is 0 Å². The Kier molecular flexibility index (Phi) is 5.16. The standard InChI is InChI=1S/C26H28BrN3O2/c1-16(2)12-13-29-15-22(31)30-14-20(17-8-10-18(27)11-9-17)23-19-6-4-5-7-21(19)28-24(23)26(30,3)25(29)32/h4-11,16,20,28H,12-15H2,1-3H3/t20-,26-/m0/s1. The van der Waals surface area contributed by atoms with Crippen LogP contribution in [0.4, 0.5) is 0 Å². The van der Waals surface area contributed by atoms with Crippen molar-refractivity contribution in [1.29, 1.82) is 0 Å². The van der Waals surface area contributed by atoms with Crippen molar-refractivity contribution in [3.63, 3.8) is 0 Å². The first-order chi connectivity index (χ1) is 15.3. The molecule has 2 atom stereocenters. The van der Waals surface area contributed by atoms with Crippen molar-refractivity contribution in [3.05, 3.63) is 69.8 Å². The molecular formula is C26H28BrN3O2. The Labute approximate surface area is 196 Å². The molecule has 0 radical (unpaired) electrons. The largest absolute Gasteiger partial charge is 0.356 e. The number of hydrogen-bond acceptors (Lipinski definition) is 2. The van der Waals surface area contributed by atoms with Gasteiger partial charge >= 0.3 is 0 Å². The van der Waals surface area contributed by atoms with Crippen molar-refractivity contribution in [1.82, 2.24) is 14.8 Å². The highest BCUT2D eigenvalue weighted by atomic mass is 79.9. The molecule has 32 heavy (non-hydrogen) atoms. The number of aromatic nitrogens is 1. The number of H-pyrrole nitrogens is 1. The first-order valence-electron chi connectivity index (χ1n) is 11.3. The number of nitrogens with zero attached hydrogens (tertiary/aromatic N) is 2. The smallest absolute Gasteiger partial charge is 0.254 e. The highest BCUT2D eigenvalue weighted by Crippen LogP contribution is 2.48. The number of hydrogen-bond donors (Lipinski definition) is 1. The number of piperazine rings is 1. The highest BCUT2D eigenvalue weighted by molar-refractivity contribution is 9.10. The molecule has 1 saturated heterocycles. The maximum absolute atomic E-state index is 13.9. The van der Waals surface area contributed by atoms with Crippen LogP contribution in [0.25, 0.3) is 10.9 Å². The number of fused-ring (bicyclic) bond motifs is 5. The Hall–Kier alpha value is -2.60. The van der Waals surface area contributed by atoms with Crippen molar-refractivity contribution >= 4 is 38.6 Å². The van der Waals surface area contributed by atoms with Gasteiger partial charge in [0.25, 0.3) is 5.91 Å². The topological polar surface area (TPSA) is 56.4 Å². The van der Waals surface area contributed by atoms with Crippen molar-refractivity contribution < 1.29 is 9.59 Å². The fourth-order valence-corrected chi connectivity index (χ4v) is 5.53. The predicted octanol–water partition coefficient (Wildman–Crippen LogP) is 5.01. The van der Waals surface area contributed by atoms with Gasteiger partial charge in [-0.15, -0.1) is 0 Å². The van der Waals surface area contributed by atoms with Crippen LogP contribution in [0.1, 0.15) is 49.9 Å². The number of benzene rings is 2. The van der Waals surface area contributed by atoms with E-state index in [-0.39, 0.29) is 24.3 Å². The van der Waals surface area contributed by atoms with E-state index >= 15 is 0 Å². The molecule has 0 spiro atoms. The summed E-state index contributed by atoms with van der Waals surface area (Å²) >= 11 is 3.53. The predicted molar refractivity (Wildman–Crippen MR) is 129 cm³/mol. The normalized spacial score (nSPS) is 23.1. The van der Waals surface area contributed by atoms with Gasteiger partial charge in [-0.1, -0.05) is 60.1 Å². The third-order valence-corrected chi connectivity index (χ3v) is 7.59. The van der Waals surface area contributed by atoms with Crippen LogP contribution in [-0.4, -0.2) is 46.2 Å². The van der Waals surface area contributed by atoms with Gasteiger partial charge in [0.2, 0.25) is 5.91 Å². The summed E-state index contributed by atoms with van der Waals surface area (Å²) in [6.45, 7) is 7.46. The number of para-hydroxylation sites is 1. The molecule has 0 saturated carbocycles. The number of carbonyl (C=O) groups is 2. The summed E-state index contributed by atoms with van der Waals surface area (Å²) in [6, 6.07) is 16.5. The zero-order valence-electron chi connectivity index (χ0n) is 18.7. The lowest BCUT2D eigenvalue weighted by Crippen LogP contribution is -2.67. The van der Waals surface area contributed by atoms with Crippen molar-refractivity contribution in [2.75, 3.05) is 19.6 Å². The van der Waals surface area contributed by atoms with Crippen LogP contribution in [-0.2, 0) is 15.1 Å². The summed E-state index contributed by atoms with van der Waals surface area (Å²) in [5, 5.41) is 1.12. The molecule has 0 unspecified atom stereocenters. The van der Waals surface area contributed by atoms with E-state index in [0.29, 0.717) is 19.0 Å². The zero-order valence-corrected chi connectivity index (χ0v) is 20.3. The first-order valence-corrected chi connectivity index (χ1v) is 12.1. The summed E-state index contributed by atoms with van der Waals surface area (Å²) in [5.41, 5.74) is 3.11. The van der Waals surface area contributed by atoms with E-state index in [4.69, 9.17) is 0 Å². The van der Waals surface area contributed by atoms with Gasteiger partial charge in [0.05, 0.1) is 12.2 Å². The van der Waals surface area contributed by atoms with Crippen LogP contribution >= 0.6 is 15.9 Å². The lowest BCUT2D eigenvalue weighted by atomic mass is 9.76. The molecule has 2 aliphatic rings. The van der Waals surface area contributed by atoms with Gasteiger partial charge in [0.15, 0.2) is 5.54 Å². The van der Waals surface area contributed by atoms with E-state index in [1.807, 2.05) is 42.2 Å². The number of halogens is 1. The first kappa shape index (κ1) is 21.3. The van der Waals surface area contributed by atoms with Gasteiger partial charge in [-0.25, -0.2) is 0 Å². The van der Waals surface area contributed by atoms with E-state index in [1.54, 1.807) is 4.90 Å². The van der Waals surface area contributed by atoms with E-state index in [9.17, 15) is 9.59 Å². The molecule has 5 rings (SSSR count). The molecule has 6 heteroatoms. The van der Waals surface area contributed by atoms with Crippen LogP contribution in [0.5, 0.6) is 0 Å². The summed E-state index contributed by atoms with van der Waals surface area (Å²) in [6.07, 6.45) is 0.885. The Morgan fingerprint density at radius 3 is 2.56 bits per heavy atom. The molecule has 2 aliphatic heterocycles. The molecule has 1 aromatic heterocycles. The number of carbonyl (C=O) groups excluding carboxylic acids is 2.